The first kappa shape index (κ1) is 14.0. The van der Waals surface area contributed by atoms with Crippen molar-refractivity contribution >= 4 is 17.9 Å². The first-order valence-corrected chi connectivity index (χ1v) is 5.60. The highest BCUT2D eigenvalue weighted by molar-refractivity contribution is 6.33. The molecule has 94 valence electrons. The zero-order valence-electron chi connectivity index (χ0n) is 9.65. The summed E-state index contributed by atoms with van der Waals surface area (Å²) in [6.07, 6.45) is 0.708. The van der Waals surface area contributed by atoms with Crippen LogP contribution in [0.1, 0.15) is 10.4 Å². The predicted octanol–water partition coefficient (Wildman–Crippen LogP) is 2.19. The van der Waals surface area contributed by atoms with Crippen LogP contribution in [0.15, 0.2) is 18.2 Å². The van der Waals surface area contributed by atoms with Gasteiger partial charge in [0.2, 0.25) is 0 Å². The monoisotopic (exact) mass is 258 g/mol. The normalized spacial score (nSPS) is 10.2. The van der Waals surface area contributed by atoms with Gasteiger partial charge in [-0.3, -0.25) is 4.79 Å². The van der Waals surface area contributed by atoms with Crippen LogP contribution in [0.25, 0.3) is 0 Å². The van der Waals surface area contributed by atoms with Gasteiger partial charge in [-0.1, -0.05) is 11.6 Å². The number of rotatable bonds is 8. The number of aldehydes is 1. The minimum Gasteiger partial charge on any atom is -0.491 e. The first-order valence-electron chi connectivity index (χ1n) is 5.22. The van der Waals surface area contributed by atoms with Crippen molar-refractivity contribution in [3.05, 3.63) is 28.8 Å². The average Bonchev–Trinajstić information content (AvgIpc) is 2.34. The second-order valence-electron chi connectivity index (χ2n) is 3.25. The molecule has 1 aromatic carbocycles. The second-order valence-corrected chi connectivity index (χ2v) is 3.66. The van der Waals surface area contributed by atoms with Crippen molar-refractivity contribution in [3.63, 3.8) is 0 Å². The Kier molecular flexibility index (Phi) is 6.62. The van der Waals surface area contributed by atoms with E-state index in [1.54, 1.807) is 25.3 Å². The molecular formula is C12H15ClO4. The predicted molar refractivity (Wildman–Crippen MR) is 65.0 cm³/mol. The number of methoxy groups -OCH3 is 1. The number of ether oxygens (including phenoxy) is 3. The molecule has 0 saturated carbocycles. The highest BCUT2D eigenvalue weighted by Crippen LogP contribution is 2.21. The molecule has 0 aliphatic rings. The summed E-state index contributed by atoms with van der Waals surface area (Å²) in [7, 11) is 1.62. The summed E-state index contributed by atoms with van der Waals surface area (Å²) < 4.78 is 15.5. The lowest BCUT2D eigenvalue weighted by atomic mass is 10.2. The van der Waals surface area contributed by atoms with Crippen LogP contribution < -0.4 is 4.74 Å². The third kappa shape index (κ3) is 5.17. The van der Waals surface area contributed by atoms with Crippen molar-refractivity contribution in [3.8, 4) is 5.75 Å². The van der Waals surface area contributed by atoms with Crippen molar-refractivity contribution in [2.24, 2.45) is 0 Å². The SMILES string of the molecule is COCCOCCOc1ccc(C=O)c(Cl)c1. The maximum absolute atomic E-state index is 10.5. The topological polar surface area (TPSA) is 44.8 Å². The van der Waals surface area contributed by atoms with Gasteiger partial charge in [0.25, 0.3) is 0 Å². The lowest BCUT2D eigenvalue weighted by Crippen LogP contribution is -2.10. The Balaban J connectivity index is 2.27. The molecular weight excluding hydrogens is 244 g/mol. The standard InChI is InChI=1S/C12H15ClO4/c1-15-4-5-16-6-7-17-11-3-2-10(9-14)12(13)8-11/h2-3,8-9H,4-7H2,1H3. The number of carbonyl (C=O) groups excluding carboxylic acids is 1. The van der Waals surface area contributed by atoms with Crippen LogP contribution >= 0.6 is 11.6 Å². The smallest absolute Gasteiger partial charge is 0.151 e. The Morgan fingerprint density at radius 1 is 1.24 bits per heavy atom. The molecule has 0 heterocycles. The molecule has 0 radical (unpaired) electrons. The molecule has 0 saturated heterocycles. The van der Waals surface area contributed by atoms with E-state index in [1.165, 1.54) is 0 Å². The van der Waals surface area contributed by atoms with E-state index in [2.05, 4.69) is 0 Å². The highest BCUT2D eigenvalue weighted by atomic mass is 35.5. The van der Waals surface area contributed by atoms with E-state index in [9.17, 15) is 4.79 Å². The molecule has 1 aromatic rings. The largest absolute Gasteiger partial charge is 0.491 e. The third-order valence-corrected chi connectivity index (χ3v) is 2.35. The maximum atomic E-state index is 10.5. The molecule has 0 aliphatic heterocycles. The third-order valence-electron chi connectivity index (χ3n) is 2.03. The van der Waals surface area contributed by atoms with E-state index < -0.39 is 0 Å². The maximum Gasteiger partial charge on any atom is 0.151 e. The van der Waals surface area contributed by atoms with Crippen molar-refractivity contribution in [2.45, 2.75) is 0 Å². The van der Waals surface area contributed by atoms with Gasteiger partial charge in [0, 0.05) is 12.7 Å². The highest BCUT2D eigenvalue weighted by Gasteiger charge is 2.01. The lowest BCUT2D eigenvalue weighted by Gasteiger charge is -2.07. The minimum atomic E-state index is 0.387. The van der Waals surface area contributed by atoms with E-state index in [1.807, 2.05) is 0 Å². The second kappa shape index (κ2) is 8.06. The van der Waals surface area contributed by atoms with Crippen LogP contribution in [0, 0.1) is 0 Å². The van der Waals surface area contributed by atoms with Crippen molar-refractivity contribution in [1.82, 2.24) is 0 Å². The molecule has 0 N–H and O–H groups in total. The summed E-state index contributed by atoms with van der Waals surface area (Å²) in [4.78, 5) is 10.5. The number of hydrogen-bond donors (Lipinski definition) is 0. The Hall–Kier alpha value is -1.10. The fraction of sp³-hybridized carbons (Fsp3) is 0.417. The van der Waals surface area contributed by atoms with Gasteiger partial charge in [-0.15, -0.1) is 0 Å². The number of benzene rings is 1. The molecule has 0 bridgehead atoms. The molecule has 0 amide bonds. The number of carbonyl (C=O) groups is 1. The van der Waals surface area contributed by atoms with Gasteiger partial charge in [0.15, 0.2) is 6.29 Å². The Labute approximate surface area is 105 Å². The molecule has 0 atom stereocenters. The zero-order chi connectivity index (χ0) is 12.5. The van der Waals surface area contributed by atoms with Gasteiger partial charge >= 0.3 is 0 Å². The van der Waals surface area contributed by atoms with Crippen molar-refractivity contribution in [2.75, 3.05) is 33.5 Å². The average molecular weight is 259 g/mol. The van der Waals surface area contributed by atoms with Crippen LogP contribution in [-0.4, -0.2) is 39.8 Å². The van der Waals surface area contributed by atoms with E-state index >= 15 is 0 Å². The molecule has 0 unspecified atom stereocenters. The number of hydrogen-bond acceptors (Lipinski definition) is 4. The minimum absolute atomic E-state index is 0.387. The first-order chi connectivity index (χ1) is 8.27. The summed E-state index contributed by atoms with van der Waals surface area (Å²) >= 11 is 5.85. The molecule has 5 heteroatoms. The van der Waals surface area contributed by atoms with E-state index in [0.29, 0.717) is 49.0 Å². The molecule has 0 aromatic heterocycles. The summed E-state index contributed by atoms with van der Waals surface area (Å²) in [6, 6.07) is 4.93. The van der Waals surface area contributed by atoms with E-state index in [4.69, 9.17) is 25.8 Å². The van der Waals surface area contributed by atoms with E-state index in [0.717, 1.165) is 0 Å². The van der Waals surface area contributed by atoms with Crippen LogP contribution in [0.2, 0.25) is 5.02 Å². The van der Waals surface area contributed by atoms with E-state index in [-0.39, 0.29) is 0 Å². The Bertz CT molecular complexity index is 354. The van der Waals surface area contributed by atoms with Crippen LogP contribution in [0.5, 0.6) is 5.75 Å². The Morgan fingerprint density at radius 3 is 2.65 bits per heavy atom. The molecule has 4 nitrogen and oxygen atoms in total. The van der Waals surface area contributed by atoms with Gasteiger partial charge in [-0.05, 0) is 18.2 Å². The zero-order valence-corrected chi connectivity index (χ0v) is 10.4. The molecule has 0 spiro atoms. The van der Waals surface area contributed by atoms with Crippen molar-refractivity contribution < 1.29 is 19.0 Å². The molecule has 17 heavy (non-hydrogen) atoms. The van der Waals surface area contributed by atoms with Crippen LogP contribution in [-0.2, 0) is 9.47 Å². The quantitative estimate of drug-likeness (QED) is 0.530. The molecule has 0 aliphatic carbocycles. The van der Waals surface area contributed by atoms with Gasteiger partial charge < -0.3 is 14.2 Å². The fourth-order valence-corrected chi connectivity index (χ4v) is 1.37. The number of halogens is 1. The summed E-state index contributed by atoms with van der Waals surface area (Å²) in [5.41, 5.74) is 0.454. The van der Waals surface area contributed by atoms with Gasteiger partial charge in [-0.2, -0.15) is 0 Å². The molecule has 0 fully saturated rings. The summed E-state index contributed by atoms with van der Waals surface area (Å²) in [5.74, 6) is 0.621. The van der Waals surface area contributed by atoms with Crippen LogP contribution in [0.3, 0.4) is 0 Å². The van der Waals surface area contributed by atoms with Gasteiger partial charge in [0.1, 0.15) is 12.4 Å². The van der Waals surface area contributed by atoms with Crippen molar-refractivity contribution in [1.29, 1.82) is 0 Å². The van der Waals surface area contributed by atoms with Crippen LogP contribution in [0.4, 0.5) is 0 Å². The van der Waals surface area contributed by atoms with Gasteiger partial charge in [0.05, 0.1) is 24.8 Å². The fourth-order valence-electron chi connectivity index (χ4n) is 1.16. The Morgan fingerprint density at radius 2 is 2.00 bits per heavy atom. The van der Waals surface area contributed by atoms with Gasteiger partial charge in [-0.25, -0.2) is 0 Å². The lowest BCUT2D eigenvalue weighted by molar-refractivity contribution is 0.0544. The summed E-state index contributed by atoms with van der Waals surface area (Å²) in [5, 5.41) is 0.387. The summed E-state index contributed by atoms with van der Waals surface area (Å²) in [6.45, 7) is 2.03. The molecule has 1 rings (SSSR count).